The third-order valence-electron chi connectivity index (χ3n) is 6.03. The molecular formula is C15H27N3. The number of rotatable bonds is 1. The molecule has 4 fully saturated rings. The molecule has 4 saturated heterocycles. The summed E-state index contributed by atoms with van der Waals surface area (Å²) in [6, 6.07) is 3.89. The van der Waals surface area contributed by atoms with Crippen LogP contribution in [-0.2, 0) is 0 Å². The number of fused-ring (bicyclic) bond motifs is 3. The zero-order valence-corrected chi connectivity index (χ0v) is 11.4. The second-order valence-corrected chi connectivity index (χ2v) is 7.02. The second-order valence-electron chi connectivity index (χ2n) is 7.02. The fraction of sp³-hybridized carbons (Fsp3) is 1.00. The Kier molecular flexibility index (Phi) is 2.90. The zero-order chi connectivity index (χ0) is 12.1. The molecule has 4 heterocycles. The molecule has 4 rings (SSSR count). The van der Waals surface area contributed by atoms with Crippen LogP contribution in [0.4, 0.5) is 0 Å². The first-order valence-electron chi connectivity index (χ1n) is 8.10. The molecule has 4 atom stereocenters. The molecule has 0 amide bonds. The molecule has 0 aromatic carbocycles. The summed E-state index contributed by atoms with van der Waals surface area (Å²) in [4.78, 5) is 5.71. The summed E-state index contributed by atoms with van der Waals surface area (Å²) in [6.07, 6.45) is 11.1. The Hall–Kier alpha value is -0.120. The predicted octanol–water partition coefficient (Wildman–Crippen LogP) is 1.57. The number of hydrogen-bond donors (Lipinski definition) is 1. The molecule has 4 aliphatic heterocycles. The maximum Gasteiger partial charge on any atom is 0.0269 e. The van der Waals surface area contributed by atoms with Gasteiger partial charge in [0, 0.05) is 36.8 Å². The Morgan fingerprint density at radius 3 is 2.33 bits per heavy atom. The largest absolute Gasteiger partial charge is 0.328 e. The van der Waals surface area contributed by atoms with Gasteiger partial charge in [-0.05, 0) is 51.5 Å². The lowest BCUT2D eigenvalue weighted by Crippen LogP contribution is -2.56. The van der Waals surface area contributed by atoms with Crippen LogP contribution < -0.4 is 5.73 Å². The third kappa shape index (κ3) is 1.75. The van der Waals surface area contributed by atoms with Crippen molar-refractivity contribution in [1.29, 1.82) is 0 Å². The highest BCUT2D eigenvalue weighted by molar-refractivity contribution is 5.05. The molecule has 0 spiro atoms. The number of nitrogens with two attached hydrogens (primary N) is 1. The molecule has 3 heteroatoms. The van der Waals surface area contributed by atoms with E-state index >= 15 is 0 Å². The minimum Gasteiger partial charge on any atom is -0.328 e. The van der Waals surface area contributed by atoms with Crippen molar-refractivity contribution in [2.45, 2.75) is 81.6 Å². The number of hydrogen-bond acceptors (Lipinski definition) is 3. The van der Waals surface area contributed by atoms with Gasteiger partial charge >= 0.3 is 0 Å². The fourth-order valence-corrected chi connectivity index (χ4v) is 5.37. The van der Waals surface area contributed by atoms with Crippen molar-refractivity contribution in [2.24, 2.45) is 5.73 Å². The normalized spacial score (nSPS) is 49.5. The van der Waals surface area contributed by atoms with Crippen molar-refractivity contribution in [1.82, 2.24) is 9.80 Å². The molecule has 0 radical (unpaired) electrons. The van der Waals surface area contributed by atoms with E-state index in [9.17, 15) is 0 Å². The molecule has 0 aromatic heterocycles. The van der Waals surface area contributed by atoms with Gasteiger partial charge in [0.15, 0.2) is 0 Å². The standard InChI is InChI=1S/C15H27N3/c16-11-9-12-4-5-13(10-11)18(12)15-6-8-17-7-2-1-3-14(15)17/h11-15H,1-10,16H2. The number of piperidine rings is 2. The fourth-order valence-electron chi connectivity index (χ4n) is 5.37. The van der Waals surface area contributed by atoms with Gasteiger partial charge in [-0.1, -0.05) is 6.42 Å². The molecule has 0 saturated carbocycles. The van der Waals surface area contributed by atoms with Gasteiger partial charge in [-0.3, -0.25) is 9.80 Å². The Morgan fingerprint density at radius 1 is 0.778 bits per heavy atom. The van der Waals surface area contributed by atoms with E-state index in [0.29, 0.717) is 6.04 Å². The molecule has 102 valence electrons. The first-order chi connectivity index (χ1) is 8.83. The van der Waals surface area contributed by atoms with Crippen LogP contribution in [0, 0.1) is 0 Å². The summed E-state index contributed by atoms with van der Waals surface area (Å²) < 4.78 is 0. The van der Waals surface area contributed by atoms with Crippen molar-refractivity contribution in [3.63, 3.8) is 0 Å². The van der Waals surface area contributed by atoms with Crippen LogP contribution in [0.1, 0.15) is 51.4 Å². The van der Waals surface area contributed by atoms with Gasteiger partial charge < -0.3 is 5.73 Å². The van der Waals surface area contributed by atoms with E-state index in [0.717, 1.165) is 24.2 Å². The number of nitrogens with zero attached hydrogens (tertiary/aromatic N) is 2. The molecule has 18 heavy (non-hydrogen) atoms. The van der Waals surface area contributed by atoms with Crippen molar-refractivity contribution < 1.29 is 0 Å². The molecule has 2 bridgehead atoms. The van der Waals surface area contributed by atoms with Crippen LogP contribution in [0.15, 0.2) is 0 Å². The van der Waals surface area contributed by atoms with Crippen LogP contribution in [-0.4, -0.2) is 53.1 Å². The monoisotopic (exact) mass is 249 g/mol. The Balaban J connectivity index is 1.53. The molecule has 3 nitrogen and oxygen atoms in total. The van der Waals surface area contributed by atoms with Crippen molar-refractivity contribution >= 4 is 0 Å². The van der Waals surface area contributed by atoms with Crippen LogP contribution in [0.2, 0.25) is 0 Å². The van der Waals surface area contributed by atoms with Gasteiger partial charge in [0.05, 0.1) is 0 Å². The quantitative estimate of drug-likeness (QED) is 0.765. The van der Waals surface area contributed by atoms with Crippen LogP contribution in [0.5, 0.6) is 0 Å². The third-order valence-corrected chi connectivity index (χ3v) is 6.03. The first kappa shape index (κ1) is 11.7. The summed E-state index contributed by atoms with van der Waals surface area (Å²) in [5.41, 5.74) is 6.21. The molecular weight excluding hydrogens is 222 g/mol. The summed E-state index contributed by atoms with van der Waals surface area (Å²) in [5.74, 6) is 0. The first-order valence-corrected chi connectivity index (χ1v) is 8.10. The highest BCUT2D eigenvalue weighted by atomic mass is 15.3. The molecule has 0 aliphatic carbocycles. The van der Waals surface area contributed by atoms with Gasteiger partial charge in [0.25, 0.3) is 0 Å². The van der Waals surface area contributed by atoms with E-state index in [1.165, 1.54) is 64.5 Å². The smallest absolute Gasteiger partial charge is 0.0269 e. The van der Waals surface area contributed by atoms with Gasteiger partial charge in [-0.25, -0.2) is 0 Å². The van der Waals surface area contributed by atoms with E-state index in [4.69, 9.17) is 5.73 Å². The molecule has 0 aromatic rings. The summed E-state index contributed by atoms with van der Waals surface area (Å²) in [6.45, 7) is 2.72. The van der Waals surface area contributed by atoms with Crippen molar-refractivity contribution in [3.05, 3.63) is 0 Å². The Labute approximate surface area is 111 Å². The van der Waals surface area contributed by atoms with E-state index in [1.807, 2.05) is 0 Å². The lowest BCUT2D eigenvalue weighted by Gasteiger charge is -2.45. The second kappa shape index (κ2) is 4.46. The molecule has 4 unspecified atom stereocenters. The van der Waals surface area contributed by atoms with E-state index in [2.05, 4.69) is 9.80 Å². The minimum atomic E-state index is 0.489. The van der Waals surface area contributed by atoms with E-state index in [-0.39, 0.29) is 0 Å². The lowest BCUT2D eigenvalue weighted by atomic mass is 9.91. The summed E-state index contributed by atoms with van der Waals surface area (Å²) in [7, 11) is 0. The predicted molar refractivity (Wildman–Crippen MR) is 73.5 cm³/mol. The van der Waals surface area contributed by atoms with Crippen molar-refractivity contribution in [3.8, 4) is 0 Å². The van der Waals surface area contributed by atoms with Crippen LogP contribution in [0.3, 0.4) is 0 Å². The van der Waals surface area contributed by atoms with Gasteiger partial charge in [-0.15, -0.1) is 0 Å². The summed E-state index contributed by atoms with van der Waals surface area (Å²) in [5, 5.41) is 0. The maximum atomic E-state index is 6.21. The highest BCUT2D eigenvalue weighted by Gasteiger charge is 2.48. The minimum absolute atomic E-state index is 0.489. The van der Waals surface area contributed by atoms with Gasteiger partial charge in [-0.2, -0.15) is 0 Å². The molecule has 4 aliphatic rings. The summed E-state index contributed by atoms with van der Waals surface area (Å²) >= 11 is 0. The van der Waals surface area contributed by atoms with Crippen molar-refractivity contribution in [2.75, 3.05) is 13.1 Å². The Bertz CT molecular complexity index is 305. The van der Waals surface area contributed by atoms with Gasteiger partial charge in [0.1, 0.15) is 0 Å². The Morgan fingerprint density at radius 2 is 1.56 bits per heavy atom. The van der Waals surface area contributed by atoms with Crippen LogP contribution >= 0.6 is 0 Å². The topological polar surface area (TPSA) is 32.5 Å². The maximum absolute atomic E-state index is 6.21. The molecule has 2 N–H and O–H groups in total. The average Bonchev–Trinajstić information content (AvgIpc) is 2.89. The average molecular weight is 249 g/mol. The highest BCUT2D eigenvalue weighted by Crippen LogP contribution is 2.41. The van der Waals surface area contributed by atoms with Crippen LogP contribution in [0.25, 0.3) is 0 Å². The van der Waals surface area contributed by atoms with Gasteiger partial charge in [0.2, 0.25) is 0 Å². The lowest BCUT2D eigenvalue weighted by molar-refractivity contribution is 0.0453. The zero-order valence-electron chi connectivity index (χ0n) is 11.4. The van der Waals surface area contributed by atoms with E-state index < -0.39 is 0 Å². The van der Waals surface area contributed by atoms with E-state index in [1.54, 1.807) is 0 Å². The SMILES string of the molecule is NC1CC2CCC(C1)N2C1CCN2CCCCC12.